The molecule has 0 unspecified atom stereocenters. The smallest absolute Gasteiger partial charge is 0.278 e. The van der Waals surface area contributed by atoms with Crippen molar-refractivity contribution in [3.05, 3.63) is 92.7 Å². The van der Waals surface area contributed by atoms with Crippen LogP contribution in [-0.2, 0) is 16.1 Å². The number of imide groups is 1. The molecule has 2 aromatic carbocycles. The van der Waals surface area contributed by atoms with Crippen molar-refractivity contribution < 1.29 is 9.59 Å². The quantitative estimate of drug-likeness (QED) is 0.576. The van der Waals surface area contributed by atoms with Crippen molar-refractivity contribution in [2.45, 2.75) is 6.54 Å². The topological polar surface area (TPSA) is 49.4 Å². The van der Waals surface area contributed by atoms with Gasteiger partial charge in [-0.2, -0.15) is 0 Å². The molecule has 4 rings (SSSR count). The minimum Gasteiger partial charge on any atom is -0.350 e. The lowest BCUT2D eigenvalue weighted by Crippen LogP contribution is -2.31. The molecule has 0 saturated heterocycles. The summed E-state index contributed by atoms with van der Waals surface area (Å²) in [6, 6.07) is 20.8. The molecule has 0 atom stereocenters. The van der Waals surface area contributed by atoms with Crippen molar-refractivity contribution in [3.63, 3.8) is 0 Å². The standard InChI is InChI=1S/C21H15BrN2O2S/c22-15-8-4-9-16(12-15)23-19-18(17-10-5-11-27-17)20(25)24(21(19)26)13-14-6-2-1-3-7-14/h1-12,23H,13H2. The second-order valence-corrected chi connectivity index (χ2v) is 7.91. The van der Waals surface area contributed by atoms with Crippen molar-refractivity contribution in [1.82, 2.24) is 4.90 Å². The van der Waals surface area contributed by atoms with Crippen LogP contribution >= 0.6 is 27.3 Å². The number of thiophene rings is 1. The van der Waals surface area contributed by atoms with Crippen molar-refractivity contribution in [3.8, 4) is 0 Å². The van der Waals surface area contributed by atoms with Crippen LogP contribution in [0.15, 0.2) is 82.3 Å². The van der Waals surface area contributed by atoms with Gasteiger partial charge in [-0.3, -0.25) is 14.5 Å². The average molecular weight is 439 g/mol. The van der Waals surface area contributed by atoms with Crippen LogP contribution < -0.4 is 5.32 Å². The number of nitrogens with zero attached hydrogens (tertiary/aromatic N) is 1. The van der Waals surface area contributed by atoms with E-state index in [1.807, 2.05) is 72.1 Å². The van der Waals surface area contributed by atoms with Gasteiger partial charge in [-0.05, 0) is 35.2 Å². The molecular formula is C21H15BrN2O2S. The van der Waals surface area contributed by atoms with Crippen LogP contribution in [0.1, 0.15) is 10.4 Å². The number of carbonyl (C=O) groups is 2. The number of amides is 2. The van der Waals surface area contributed by atoms with Gasteiger partial charge in [0.25, 0.3) is 11.8 Å². The second-order valence-electron chi connectivity index (χ2n) is 6.04. The first-order chi connectivity index (χ1) is 13.1. The molecule has 0 bridgehead atoms. The number of anilines is 1. The molecule has 2 amide bonds. The molecule has 1 aliphatic rings. The van der Waals surface area contributed by atoms with E-state index in [-0.39, 0.29) is 18.4 Å². The Bertz CT molecular complexity index is 1030. The summed E-state index contributed by atoms with van der Waals surface area (Å²) in [7, 11) is 0. The highest BCUT2D eigenvalue weighted by atomic mass is 79.9. The molecule has 134 valence electrons. The van der Waals surface area contributed by atoms with E-state index < -0.39 is 0 Å². The fraction of sp³-hybridized carbons (Fsp3) is 0.0476. The monoisotopic (exact) mass is 438 g/mol. The fourth-order valence-corrected chi connectivity index (χ4v) is 4.13. The van der Waals surface area contributed by atoms with Gasteiger partial charge in [-0.1, -0.05) is 58.4 Å². The number of benzene rings is 2. The van der Waals surface area contributed by atoms with Crippen LogP contribution in [0.4, 0.5) is 5.69 Å². The molecule has 6 heteroatoms. The maximum Gasteiger partial charge on any atom is 0.278 e. The van der Waals surface area contributed by atoms with Crippen molar-refractivity contribution in [1.29, 1.82) is 0 Å². The molecular weight excluding hydrogens is 424 g/mol. The van der Waals surface area contributed by atoms with E-state index in [9.17, 15) is 9.59 Å². The summed E-state index contributed by atoms with van der Waals surface area (Å²) in [5.74, 6) is -0.587. The highest BCUT2D eigenvalue weighted by molar-refractivity contribution is 9.10. The zero-order valence-corrected chi connectivity index (χ0v) is 16.6. The van der Waals surface area contributed by atoms with Crippen LogP contribution in [0.5, 0.6) is 0 Å². The zero-order chi connectivity index (χ0) is 18.8. The predicted octanol–water partition coefficient (Wildman–Crippen LogP) is 4.90. The van der Waals surface area contributed by atoms with E-state index >= 15 is 0 Å². The van der Waals surface area contributed by atoms with E-state index in [4.69, 9.17) is 0 Å². The van der Waals surface area contributed by atoms with Crippen molar-refractivity contribution >= 4 is 50.3 Å². The Balaban J connectivity index is 1.72. The average Bonchev–Trinajstić information content (AvgIpc) is 3.26. The van der Waals surface area contributed by atoms with Crippen LogP contribution in [-0.4, -0.2) is 16.7 Å². The first-order valence-corrected chi connectivity index (χ1v) is 10.0. The van der Waals surface area contributed by atoms with Gasteiger partial charge in [0.1, 0.15) is 5.70 Å². The molecule has 4 nitrogen and oxygen atoms in total. The van der Waals surface area contributed by atoms with Crippen LogP contribution in [0.25, 0.3) is 5.57 Å². The number of halogens is 1. The molecule has 0 aliphatic carbocycles. The third-order valence-electron chi connectivity index (χ3n) is 4.21. The molecule has 0 spiro atoms. The lowest BCUT2D eigenvalue weighted by molar-refractivity contribution is -0.137. The first kappa shape index (κ1) is 17.7. The summed E-state index contributed by atoms with van der Waals surface area (Å²) < 4.78 is 0.892. The summed E-state index contributed by atoms with van der Waals surface area (Å²) in [6.45, 7) is 0.247. The van der Waals surface area contributed by atoms with E-state index in [2.05, 4.69) is 21.2 Å². The first-order valence-electron chi connectivity index (χ1n) is 8.34. The van der Waals surface area contributed by atoms with E-state index in [0.717, 1.165) is 20.6 Å². The Morgan fingerprint density at radius 1 is 0.926 bits per heavy atom. The Morgan fingerprint density at radius 3 is 2.44 bits per heavy atom. The molecule has 3 aromatic rings. The lowest BCUT2D eigenvalue weighted by atomic mass is 10.2. The van der Waals surface area contributed by atoms with Gasteiger partial charge in [0, 0.05) is 15.0 Å². The SMILES string of the molecule is O=C1C(Nc2cccc(Br)c2)=C(c2cccs2)C(=O)N1Cc1ccccc1. The van der Waals surface area contributed by atoms with Crippen LogP contribution in [0.3, 0.4) is 0 Å². The van der Waals surface area contributed by atoms with Gasteiger partial charge in [0.15, 0.2) is 0 Å². The Kier molecular flexibility index (Phi) is 4.92. The molecule has 1 N–H and O–H groups in total. The van der Waals surface area contributed by atoms with Crippen LogP contribution in [0, 0.1) is 0 Å². The molecule has 0 radical (unpaired) electrons. The molecule has 0 fully saturated rings. The fourth-order valence-electron chi connectivity index (χ4n) is 2.96. The van der Waals surface area contributed by atoms with Gasteiger partial charge in [-0.25, -0.2) is 0 Å². The third-order valence-corrected chi connectivity index (χ3v) is 5.59. The minimum atomic E-state index is -0.313. The molecule has 1 aliphatic heterocycles. The normalized spacial score (nSPS) is 14.2. The summed E-state index contributed by atoms with van der Waals surface area (Å²) in [6.07, 6.45) is 0. The largest absolute Gasteiger partial charge is 0.350 e. The number of hydrogen-bond acceptors (Lipinski definition) is 4. The maximum atomic E-state index is 13.1. The Hall–Kier alpha value is -2.70. The summed E-state index contributed by atoms with van der Waals surface area (Å²) in [5, 5.41) is 5.06. The molecule has 1 aromatic heterocycles. The highest BCUT2D eigenvalue weighted by Gasteiger charge is 2.39. The van der Waals surface area contributed by atoms with Gasteiger partial charge in [0.05, 0.1) is 12.1 Å². The lowest BCUT2D eigenvalue weighted by Gasteiger charge is -2.15. The van der Waals surface area contributed by atoms with Gasteiger partial charge >= 0.3 is 0 Å². The summed E-state index contributed by atoms with van der Waals surface area (Å²) in [5.41, 5.74) is 2.40. The van der Waals surface area contributed by atoms with Crippen LogP contribution in [0.2, 0.25) is 0 Å². The van der Waals surface area contributed by atoms with Gasteiger partial charge in [-0.15, -0.1) is 11.3 Å². The van der Waals surface area contributed by atoms with Crippen molar-refractivity contribution in [2.24, 2.45) is 0 Å². The number of nitrogens with one attached hydrogen (secondary N) is 1. The number of hydrogen-bond donors (Lipinski definition) is 1. The van der Waals surface area contributed by atoms with E-state index in [0.29, 0.717) is 11.3 Å². The Morgan fingerprint density at radius 2 is 1.74 bits per heavy atom. The Labute approximate surface area is 169 Å². The summed E-state index contributed by atoms with van der Waals surface area (Å²) in [4.78, 5) is 28.3. The number of carbonyl (C=O) groups excluding carboxylic acids is 2. The van der Waals surface area contributed by atoms with Gasteiger partial charge < -0.3 is 5.32 Å². The number of rotatable bonds is 5. The molecule has 27 heavy (non-hydrogen) atoms. The van der Waals surface area contributed by atoms with Crippen molar-refractivity contribution in [2.75, 3.05) is 5.32 Å². The summed E-state index contributed by atoms with van der Waals surface area (Å²) >= 11 is 4.88. The predicted molar refractivity (Wildman–Crippen MR) is 111 cm³/mol. The minimum absolute atomic E-state index is 0.247. The zero-order valence-electron chi connectivity index (χ0n) is 14.2. The highest BCUT2D eigenvalue weighted by Crippen LogP contribution is 2.33. The van der Waals surface area contributed by atoms with Gasteiger partial charge in [0.2, 0.25) is 0 Å². The third kappa shape index (κ3) is 3.59. The maximum absolute atomic E-state index is 13.1. The van der Waals surface area contributed by atoms with E-state index in [1.165, 1.54) is 16.2 Å². The second kappa shape index (κ2) is 7.50. The molecule has 0 saturated carbocycles. The van der Waals surface area contributed by atoms with E-state index in [1.54, 1.807) is 0 Å². The molecule has 2 heterocycles.